The number of morpholine rings is 1. The van der Waals surface area contributed by atoms with E-state index in [1.807, 2.05) is 18.2 Å². The molecule has 4 rings (SSSR count). The van der Waals surface area contributed by atoms with Crippen LogP contribution in [0.5, 0.6) is 0 Å². The number of rotatable bonds is 2. The van der Waals surface area contributed by atoms with Crippen LogP contribution < -0.4 is 0 Å². The summed E-state index contributed by atoms with van der Waals surface area (Å²) in [5.41, 5.74) is 2.13. The van der Waals surface area contributed by atoms with Gasteiger partial charge in [-0.05, 0) is 37.5 Å². The minimum absolute atomic E-state index is 0.433. The zero-order valence-corrected chi connectivity index (χ0v) is 13.0. The lowest BCUT2D eigenvalue weighted by Gasteiger charge is -2.37. The number of imidazole rings is 1. The average Bonchev–Trinajstić information content (AvgIpc) is 3.05. The Morgan fingerprint density at radius 2 is 2.29 bits per heavy atom. The van der Waals surface area contributed by atoms with E-state index in [0.29, 0.717) is 12.1 Å². The molecule has 1 aromatic carbocycles. The first-order chi connectivity index (χ1) is 10.2. The Balaban J connectivity index is 1.63. The van der Waals surface area contributed by atoms with Gasteiger partial charge in [-0.3, -0.25) is 4.90 Å². The first kappa shape index (κ1) is 13.6. The van der Waals surface area contributed by atoms with Gasteiger partial charge in [-0.1, -0.05) is 11.6 Å². The molecule has 2 aromatic rings. The predicted octanol–water partition coefficient (Wildman–Crippen LogP) is 2.98. The summed E-state index contributed by atoms with van der Waals surface area (Å²) in [4.78, 5) is 7.32. The van der Waals surface area contributed by atoms with Crippen molar-refractivity contribution in [1.82, 2.24) is 14.5 Å². The highest BCUT2D eigenvalue weighted by molar-refractivity contribution is 6.31. The number of nitrogens with zero attached hydrogens (tertiary/aromatic N) is 3. The summed E-state index contributed by atoms with van der Waals surface area (Å²) in [6, 6.07) is 6.49. The summed E-state index contributed by atoms with van der Waals surface area (Å²) in [6.45, 7) is 2.75. The molecule has 1 saturated heterocycles. The Kier molecular flexibility index (Phi) is 3.40. The first-order valence-electron chi connectivity index (χ1n) is 7.69. The van der Waals surface area contributed by atoms with Gasteiger partial charge in [0.2, 0.25) is 0 Å². The van der Waals surface area contributed by atoms with Crippen molar-refractivity contribution in [3.63, 3.8) is 0 Å². The second-order valence-electron chi connectivity index (χ2n) is 6.10. The largest absolute Gasteiger partial charge is 0.375 e. The molecular weight excluding hydrogens is 286 g/mol. The lowest BCUT2D eigenvalue weighted by molar-refractivity contribution is -0.0598. The van der Waals surface area contributed by atoms with Crippen molar-refractivity contribution in [2.45, 2.75) is 38.0 Å². The minimum atomic E-state index is 0.433. The van der Waals surface area contributed by atoms with Crippen LogP contribution in [0.25, 0.3) is 11.0 Å². The molecule has 0 radical (unpaired) electrons. The Morgan fingerprint density at radius 1 is 1.38 bits per heavy atom. The van der Waals surface area contributed by atoms with Crippen LogP contribution in [0.3, 0.4) is 0 Å². The first-order valence-corrected chi connectivity index (χ1v) is 8.07. The topological polar surface area (TPSA) is 30.3 Å². The summed E-state index contributed by atoms with van der Waals surface area (Å²) in [5, 5.41) is 0.745. The van der Waals surface area contributed by atoms with Gasteiger partial charge < -0.3 is 9.30 Å². The van der Waals surface area contributed by atoms with E-state index >= 15 is 0 Å². The maximum atomic E-state index is 6.07. The molecule has 0 bridgehead atoms. The van der Waals surface area contributed by atoms with Crippen LogP contribution in [-0.2, 0) is 18.3 Å². The van der Waals surface area contributed by atoms with Crippen molar-refractivity contribution >= 4 is 22.6 Å². The van der Waals surface area contributed by atoms with Gasteiger partial charge in [0.15, 0.2) is 0 Å². The Morgan fingerprint density at radius 3 is 3.19 bits per heavy atom. The van der Waals surface area contributed by atoms with E-state index in [9.17, 15) is 0 Å². The molecular formula is C16H20ClN3O. The van der Waals surface area contributed by atoms with Crippen molar-refractivity contribution in [1.29, 1.82) is 0 Å². The molecule has 21 heavy (non-hydrogen) atoms. The number of hydrogen-bond donors (Lipinski definition) is 0. The van der Waals surface area contributed by atoms with E-state index < -0.39 is 0 Å². The maximum absolute atomic E-state index is 6.07. The summed E-state index contributed by atoms with van der Waals surface area (Å²) >= 11 is 6.07. The fourth-order valence-corrected chi connectivity index (χ4v) is 3.91. The van der Waals surface area contributed by atoms with Crippen molar-refractivity contribution < 1.29 is 4.74 Å². The number of fused-ring (bicyclic) bond motifs is 2. The van der Waals surface area contributed by atoms with E-state index in [1.165, 1.54) is 19.3 Å². The Hall–Kier alpha value is -1.10. The zero-order chi connectivity index (χ0) is 14.4. The van der Waals surface area contributed by atoms with Gasteiger partial charge in [0.25, 0.3) is 0 Å². The molecule has 0 N–H and O–H groups in total. The quantitative estimate of drug-likeness (QED) is 0.854. The monoisotopic (exact) mass is 305 g/mol. The number of benzene rings is 1. The maximum Gasteiger partial charge on any atom is 0.123 e. The van der Waals surface area contributed by atoms with Gasteiger partial charge >= 0.3 is 0 Å². The third kappa shape index (κ3) is 2.35. The van der Waals surface area contributed by atoms with E-state index in [-0.39, 0.29) is 0 Å². The van der Waals surface area contributed by atoms with Crippen molar-refractivity contribution in [2.75, 3.05) is 13.2 Å². The van der Waals surface area contributed by atoms with Crippen molar-refractivity contribution in [3.05, 3.63) is 29.0 Å². The minimum Gasteiger partial charge on any atom is -0.375 e. The van der Waals surface area contributed by atoms with Crippen LogP contribution >= 0.6 is 11.6 Å². The number of aromatic nitrogens is 2. The zero-order valence-electron chi connectivity index (χ0n) is 12.3. The molecule has 1 aliphatic carbocycles. The van der Waals surface area contributed by atoms with Gasteiger partial charge in [0.05, 0.1) is 30.3 Å². The summed E-state index contributed by atoms with van der Waals surface area (Å²) in [7, 11) is 2.09. The third-order valence-electron chi connectivity index (χ3n) is 4.88. The van der Waals surface area contributed by atoms with Crippen LogP contribution in [0.2, 0.25) is 5.02 Å². The number of aryl methyl sites for hydroxylation is 1. The molecule has 112 valence electrons. The Labute approximate surface area is 129 Å². The summed E-state index contributed by atoms with van der Waals surface area (Å²) in [5.74, 6) is 1.11. The van der Waals surface area contributed by atoms with Gasteiger partial charge in [0.1, 0.15) is 5.82 Å². The lowest BCUT2D eigenvalue weighted by Crippen LogP contribution is -2.48. The van der Waals surface area contributed by atoms with Crippen LogP contribution in [0.1, 0.15) is 25.1 Å². The van der Waals surface area contributed by atoms with Crippen LogP contribution in [0.4, 0.5) is 0 Å². The van der Waals surface area contributed by atoms with Crippen molar-refractivity contribution in [3.8, 4) is 0 Å². The number of hydrogen-bond acceptors (Lipinski definition) is 3. The standard InChI is InChI=1S/C16H20ClN3O/c1-19-13-6-5-11(17)9-12(13)18-16(19)10-20-7-8-21-15-4-2-3-14(15)20/h5-6,9,14-15H,2-4,7-8,10H2,1H3/t14-,15-/m0/s1. The van der Waals surface area contributed by atoms with Gasteiger partial charge in [-0.2, -0.15) is 0 Å². The summed E-state index contributed by atoms with van der Waals surface area (Å²) < 4.78 is 8.07. The molecule has 0 unspecified atom stereocenters. The highest BCUT2D eigenvalue weighted by Crippen LogP contribution is 2.31. The summed E-state index contributed by atoms with van der Waals surface area (Å²) in [6.07, 6.45) is 4.17. The molecule has 2 fully saturated rings. The van der Waals surface area contributed by atoms with Gasteiger partial charge in [0, 0.05) is 24.7 Å². The lowest BCUT2D eigenvalue weighted by atomic mass is 10.1. The molecule has 1 saturated carbocycles. The molecule has 0 amide bonds. The van der Waals surface area contributed by atoms with Gasteiger partial charge in [-0.25, -0.2) is 4.98 Å². The van der Waals surface area contributed by atoms with E-state index in [1.54, 1.807) is 0 Å². The number of halogens is 1. The molecule has 5 heteroatoms. The highest BCUT2D eigenvalue weighted by atomic mass is 35.5. The fourth-order valence-electron chi connectivity index (χ4n) is 3.75. The second-order valence-corrected chi connectivity index (χ2v) is 6.53. The molecule has 1 aromatic heterocycles. The molecule has 2 heterocycles. The molecule has 2 aliphatic rings. The highest BCUT2D eigenvalue weighted by Gasteiger charge is 2.36. The van der Waals surface area contributed by atoms with Gasteiger partial charge in [-0.15, -0.1) is 0 Å². The SMILES string of the molecule is Cn1c(CN2CCO[C@H]3CCC[C@@H]32)nc2cc(Cl)ccc21. The number of ether oxygens (including phenoxy) is 1. The smallest absolute Gasteiger partial charge is 0.123 e. The normalized spacial score (nSPS) is 26.4. The molecule has 2 atom stereocenters. The van der Waals surface area contributed by atoms with Crippen LogP contribution in [0.15, 0.2) is 18.2 Å². The molecule has 0 spiro atoms. The fraction of sp³-hybridized carbons (Fsp3) is 0.562. The molecule has 1 aliphatic heterocycles. The average molecular weight is 306 g/mol. The molecule has 4 nitrogen and oxygen atoms in total. The van der Waals surface area contributed by atoms with Crippen LogP contribution in [-0.4, -0.2) is 39.7 Å². The van der Waals surface area contributed by atoms with Crippen LogP contribution in [0, 0.1) is 0 Å². The predicted molar refractivity (Wildman–Crippen MR) is 83.5 cm³/mol. The van der Waals surface area contributed by atoms with E-state index in [0.717, 1.165) is 41.6 Å². The van der Waals surface area contributed by atoms with E-state index in [2.05, 4.69) is 16.5 Å². The third-order valence-corrected chi connectivity index (χ3v) is 5.11. The van der Waals surface area contributed by atoms with Crippen molar-refractivity contribution in [2.24, 2.45) is 7.05 Å². The second kappa shape index (κ2) is 5.27. The van der Waals surface area contributed by atoms with E-state index in [4.69, 9.17) is 21.3 Å². The Bertz CT molecular complexity index is 669.